The highest BCUT2D eigenvalue weighted by atomic mass is 16.5. The molecule has 0 amide bonds. The SMILES string of the molecule is COc1ccc(C(C)(O)CC2COCCN2)c(OC)c1. The molecule has 1 heterocycles. The average Bonchev–Trinajstić information content (AvgIpc) is 2.47. The third-order valence-electron chi connectivity index (χ3n) is 3.63. The van der Waals surface area contributed by atoms with Crippen molar-refractivity contribution in [3.8, 4) is 11.5 Å². The van der Waals surface area contributed by atoms with E-state index in [0.29, 0.717) is 24.5 Å². The molecule has 1 saturated heterocycles. The first-order chi connectivity index (χ1) is 9.56. The number of hydrogen-bond acceptors (Lipinski definition) is 5. The summed E-state index contributed by atoms with van der Waals surface area (Å²) in [6.45, 7) is 3.97. The minimum absolute atomic E-state index is 0.144. The van der Waals surface area contributed by atoms with Gasteiger partial charge in [-0.15, -0.1) is 0 Å². The summed E-state index contributed by atoms with van der Waals surface area (Å²) in [7, 11) is 3.20. The number of morpholine rings is 1. The molecule has 2 N–H and O–H groups in total. The highest BCUT2D eigenvalue weighted by Gasteiger charge is 2.31. The van der Waals surface area contributed by atoms with Crippen LogP contribution in [0.1, 0.15) is 18.9 Å². The third kappa shape index (κ3) is 3.42. The van der Waals surface area contributed by atoms with Gasteiger partial charge >= 0.3 is 0 Å². The van der Waals surface area contributed by atoms with E-state index >= 15 is 0 Å². The molecule has 0 aromatic heterocycles. The number of nitrogens with one attached hydrogen (secondary N) is 1. The molecule has 0 radical (unpaired) electrons. The summed E-state index contributed by atoms with van der Waals surface area (Å²) in [5.41, 5.74) is -0.233. The van der Waals surface area contributed by atoms with Crippen molar-refractivity contribution in [2.75, 3.05) is 34.0 Å². The second-order valence-electron chi connectivity index (χ2n) is 5.27. The van der Waals surface area contributed by atoms with Crippen LogP contribution in [0.4, 0.5) is 0 Å². The van der Waals surface area contributed by atoms with Crippen LogP contribution in [-0.4, -0.2) is 45.1 Å². The molecule has 1 fully saturated rings. The third-order valence-corrected chi connectivity index (χ3v) is 3.63. The van der Waals surface area contributed by atoms with Gasteiger partial charge in [0.15, 0.2) is 0 Å². The zero-order valence-corrected chi connectivity index (χ0v) is 12.3. The van der Waals surface area contributed by atoms with Gasteiger partial charge in [-0.05, 0) is 25.5 Å². The minimum atomic E-state index is -0.990. The largest absolute Gasteiger partial charge is 0.497 e. The van der Waals surface area contributed by atoms with Gasteiger partial charge in [-0.3, -0.25) is 0 Å². The van der Waals surface area contributed by atoms with Gasteiger partial charge in [0.1, 0.15) is 11.5 Å². The van der Waals surface area contributed by atoms with Gasteiger partial charge in [0.2, 0.25) is 0 Å². The van der Waals surface area contributed by atoms with Crippen molar-refractivity contribution in [3.63, 3.8) is 0 Å². The monoisotopic (exact) mass is 281 g/mol. The summed E-state index contributed by atoms with van der Waals surface area (Å²) >= 11 is 0. The van der Waals surface area contributed by atoms with E-state index in [1.54, 1.807) is 27.2 Å². The molecular formula is C15H23NO4. The zero-order chi connectivity index (χ0) is 14.6. The van der Waals surface area contributed by atoms with Crippen LogP contribution < -0.4 is 14.8 Å². The van der Waals surface area contributed by atoms with Crippen LogP contribution in [0.3, 0.4) is 0 Å². The van der Waals surface area contributed by atoms with Crippen LogP contribution in [0.2, 0.25) is 0 Å². The summed E-state index contributed by atoms with van der Waals surface area (Å²) in [4.78, 5) is 0. The molecule has 5 nitrogen and oxygen atoms in total. The lowest BCUT2D eigenvalue weighted by atomic mass is 9.88. The van der Waals surface area contributed by atoms with E-state index in [-0.39, 0.29) is 6.04 Å². The van der Waals surface area contributed by atoms with Gasteiger partial charge < -0.3 is 24.6 Å². The van der Waals surface area contributed by atoms with Crippen molar-refractivity contribution in [2.24, 2.45) is 0 Å². The summed E-state index contributed by atoms with van der Waals surface area (Å²) in [6, 6.07) is 5.61. The molecule has 0 bridgehead atoms. The summed E-state index contributed by atoms with van der Waals surface area (Å²) in [5, 5.41) is 14.2. The van der Waals surface area contributed by atoms with E-state index in [9.17, 15) is 5.11 Å². The highest BCUT2D eigenvalue weighted by molar-refractivity contribution is 5.43. The molecule has 1 aromatic carbocycles. The molecule has 1 aliphatic rings. The lowest BCUT2D eigenvalue weighted by Gasteiger charge is -2.32. The molecule has 112 valence electrons. The van der Waals surface area contributed by atoms with Gasteiger partial charge in [0.25, 0.3) is 0 Å². The maximum Gasteiger partial charge on any atom is 0.128 e. The molecule has 20 heavy (non-hydrogen) atoms. The fourth-order valence-electron chi connectivity index (χ4n) is 2.58. The van der Waals surface area contributed by atoms with E-state index in [2.05, 4.69) is 5.32 Å². The van der Waals surface area contributed by atoms with Crippen LogP contribution in [0.5, 0.6) is 11.5 Å². The number of hydrogen-bond donors (Lipinski definition) is 2. The fourth-order valence-corrected chi connectivity index (χ4v) is 2.58. The van der Waals surface area contributed by atoms with Gasteiger partial charge in [-0.1, -0.05) is 0 Å². The molecule has 1 aliphatic heterocycles. The van der Waals surface area contributed by atoms with Crippen LogP contribution in [-0.2, 0) is 10.3 Å². The second kappa shape index (κ2) is 6.43. The van der Waals surface area contributed by atoms with Crippen molar-refractivity contribution < 1.29 is 19.3 Å². The Bertz CT molecular complexity index is 441. The maximum atomic E-state index is 10.8. The van der Waals surface area contributed by atoms with Crippen LogP contribution in [0.25, 0.3) is 0 Å². The lowest BCUT2D eigenvalue weighted by Crippen LogP contribution is -2.45. The first kappa shape index (κ1) is 15.1. The van der Waals surface area contributed by atoms with Gasteiger partial charge in [-0.25, -0.2) is 0 Å². The predicted molar refractivity (Wildman–Crippen MR) is 76.3 cm³/mol. The van der Waals surface area contributed by atoms with E-state index in [1.165, 1.54) is 0 Å². The van der Waals surface area contributed by atoms with Crippen LogP contribution in [0, 0.1) is 0 Å². The second-order valence-corrected chi connectivity index (χ2v) is 5.27. The number of benzene rings is 1. The summed E-state index contributed by atoms with van der Waals surface area (Å²) < 4.78 is 16.0. The first-order valence-electron chi connectivity index (χ1n) is 6.83. The molecule has 2 atom stereocenters. The molecule has 0 saturated carbocycles. The fraction of sp³-hybridized carbons (Fsp3) is 0.600. The number of rotatable bonds is 5. The van der Waals surface area contributed by atoms with Crippen LogP contribution in [0.15, 0.2) is 18.2 Å². The molecule has 1 aromatic rings. The molecular weight excluding hydrogens is 258 g/mol. The van der Waals surface area contributed by atoms with E-state index in [0.717, 1.165) is 18.7 Å². The first-order valence-corrected chi connectivity index (χ1v) is 6.83. The Balaban J connectivity index is 2.18. The summed E-state index contributed by atoms with van der Waals surface area (Å²) in [5.74, 6) is 1.34. The van der Waals surface area contributed by atoms with Crippen LogP contribution >= 0.6 is 0 Å². The van der Waals surface area contributed by atoms with E-state index < -0.39 is 5.60 Å². The number of aliphatic hydroxyl groups is 1. The molecule has 2 unspecified atom stereocenters. The van der Waals surface area contributed by atoms with Gasteiger partial charge in [0.05, 0.1) is 33.0 Å². The highest BCUT2D eigenvalue weighted by Crippen LogP contribution is 2.35. The quantitative estimate of drug-likeness (QED) is 0.851. The maximum absolute atomic E-state index is 10.8. The Kier molecular flexibility index (Phi) is 4.86. The van der Waals surface area contributed by atoms with Crippen molar-refractivity contribution in [3.05, 3.63) is 23.8 Å². The zero-order valence-electron chi connectivity index (χ0n) is 12.3. The summed E-state index contributed by atoms with van der Waals surface area (Å²) in [6.07, 6.45) is 0.565. The molecule has 0 aliphatic carbocycles. The normalized spacial score (nSPS) is 22.1. The average molecular weight is 281 g/mol. The Morgan fingerprint density at radius 3 is 2.80 bits per heavy atom. The van der Waals surface area contributed by atoms with Gasteiger partial charge in [-0.2, -0.15) is 0 Å². The number of ether oxygens (including phenoxy) is 3. The van der Waals surface area contributed by atoms with E-state index in [4.69, 9.17) is 14.2 Å². The van der Waals surface area contributed by atoms with E-state index in [1.807, 2.05) is 12.1 Å². The van der Waals surface area contributed by atoms with Crippen molar-refractivity contribution in [2.45, 2.75) is 25.0 Å². The smallest absolute Gasteiger partial charge is 0.128 e. The Labute approximate surface area is 119 Å². The minimum Gasteiger partial charge on any atom is -0.497 e. The number of methoxy groups -OCH3 is 2. The Morgan fingerprint density at radius 2 is 2.20 bits per heavy atom. The molecule has 2 rings (SSSR count). The lowest BCUT2D eigenvalue weighted by molar-refractivity contribution is 0.00187. The van der Waals surface area contributed by atoms with Crippen molar-refractivity contribution in [1.82, 2.24) is 5.32 Å². The molecule has 0 spiro atoms. The Hall–Kier alpha value is -1.30. The Morgan fingerprint density at radius 1 is 1.40 bits per heavy atom. The van der Waals surface area contributed by atoms with Crippen molar-refractivity contribution in [1.29, 1.82) is 0 Å². The predicted octanol–water partition coefficient (Wildman–Crippen LogP) is 1.29. The van der Waals surface area contributed by atoms with Gasteiger partial charge in [0, 0.05) is 24.2 Å². The standard InChI is InChI=1S/C15H23NO4/c1-15(17,9-11-10-20-7-6-16-11)13-5-4-12(18-2)8-14(13)19-3/h4-5,8,11,16-17H,6-7,9-10H2,1-3H3. The molecule has 5 heteroatoms. The topological polar surface area (TPSA) is 60.0 Å². The van der Waals surface area contributed by atoms with Crippen molar-refractivity contribution >= 4 is 0 Å².